The molecule has 5 rings (SSSR count). The summed E-state index contributed by atoms with van der Waals surface area (Å²) in [6.45, 7) is 0.768. The van der Waals surface area contributed by atoms with Crippen molar-refractivity contribution in [2.75, 3.05) is 0 Å². The number of H-pyrrole nitrogens is 1. The van der Waals surface area contributed by atoms with Gasteiger partial charge in [-0.25, -0.2) is 13.5 Å². The van der Waals surface area contributed by atoms with Crippen LogP contribution in [-0.2, 0) is 41.4 Å². The third-order valence-electron chi connectivity index (χ3n) is 5.62. The lowest BCUT2D eigenvalue weighted by Crippen LogP contribution is -2.13. The Morgan fingerprint density at radius 2 is 1.89 bits per heavy atom. The minimum absolute atomic E-state index is 0.117. The first-order valence-electron chi connectivity index (χ1n) is 9.78. The lowest BCUT2D eigenvalue weighted by atomic mass is 10.1. The van der Waals surface area contributed by atoms with Gasteiger partial charge in [0.2, 0.25) is 15.0 Å². The van der Waals surface area contributed by atoms with Crippen LogP contribution in [0.15, 0.2) is 23.4 Å². The molecular formula is C19H22N6O2S. The second kappa shape index (κ2) is 6.80. The summed E-state index contributed by atoms with van der Waals surface area (Å²) >= 11 is 0. The smallest absolute Gasteiger partial charge is 0.244 e. The monoisotopic (exact) mass is 398 g/mol. The van der Waals surface area contributed by atoms with Crippen molar-refractivity contribution in [3.63, 3.8) is 0 Å². The average molecular weight is 398 g/mol. The van der Waals surface area contributed by atoms with Crippen molar-refractivity contribution >= 4 is 9.84 Å². The maximum atomic E-state index is 12.9. The fourth-order valence-corrected chi connectivity index (χ4v) is 5.22. The Labute approximate surface area is 163 Å². The molecule has 0 amide bonds. The zero-order valence-electron chi connectivity index (χ0n) is 15.6. The molecular weight excluding hydrogens is 376 g/mol. The number of nitrogens with zero attached hydrogens (tertiary/aromatic N) is 5. The van der Waals surface area contributed by atoms with Crippen molar-refractivity contribution in [2.45, 2.75) is 62.4 Å². The summed E-state index contributed by atoms with van der Waals surface area (Å²) in [7, 11) is -3.68. The van der Waals surface area contributed by atoms with Gasteiger partial charge in [0.15, 0.2) is 5.82 Å². The lowest BCUT2D eigenvalue weighted by Gasteiger charge is -2.06. The maximum absolute atomic E-state index is 12.9. The Hall–Kier alpha value is -2.55. The quantitative estimate of drug-likeness (QED) is 0.722. The van der Waals surface area contributed by atoms with Crippen LogP contribution in [0, 0.1) is 0 Å². The highest BCUT2D eigenvalue weighted by atomic mass is 32.2. The molecule has 0 saturated carbocycles. The molecule has 1 N–H and O–H groups in total. The average Bonchev–Trinajstić information content (AvgIpc) is 3.39. The second-order valence-corrected chi connectivity index (χ2v) is 9.46. The molecule has 3 aromatic rings. The highest BCUT2D eigenvalue weighted by Crippen LogP contribution is 2.27. The molecule has 0 saturated heterocycles. The van der Waals surface area contributed by atoms with Gasteiger partial charge in [0, 0.05) is 18.5 Å². The molecule has 0 radical (unpaired) electrons. The molecule has 2 aromatic heterocycles. The molecule has 1 aliphatic heterocycles. The van der Waals surface area contributed by atoms with Gasteiger partial charge in [-0.2, -0.15) is 10.1 Å². The molecule has 3 heterocycles. The molecule has 0 unspecified atom stereocenters. The van der Waals surface area contributed by atoms with Crippen LogP contribution < -0.4 is 0 Å². The van der Waals surface area contributed by atoms with Crippen LogP contribution in [0.3, 0.4) is 0 Å². The van der Waals surface area contributed by atoms with Gasteiger partial charge >= 0.3 is 0 Å². The standard InChI is InChI=1S/C19H22N6O2S/c26-28(27,12-17-22-21-16-7-2-1-3-10-25(16)17)19-20-18(23-24-19)15-9-8-13-5-4-6-14(13)11-15/h8-9,11H,1-7,10,12H2,(H,20,23,24). The van der Waals surface area contributed by atoms with Crippen LogP contribution in [0.1, 0.15) is 48.5 Å². The molecule has 1 aromatic carbocycles. The van der Waals surface area contributed by atoms with Crippen LogP contribution >= 0.6 is 0 Å². The van der Waals surface area contributed by atoms with E-state index in [2.05, 4.69) is 37.5 Å². The normalized spacial score (nSPS) is 16.6. The van der Waals surface area contributed by atoms with E-state index in [1.54, 1.807) is 0 Å². The van der Waals surface area contributed by atoms with E-state index in [-0.39, 0.29) is 10.9 Å². The maximum Gasteiger partial charge on any atom is 0.244 e. The summed E-state index contributed by atoms with van der Waals surface area (Å²) in [5.74, 6) is 1.54. The zero-order valence-corrected chi connectivity index (χ0v) is 16.4. The largest absolute Gasteiger partial charge is 0.314 e. The minimum atomic E-state index is -3.68. The first-order chi connectivity index (χ1) is 13.6. The van der Waals surface area contributed by atoms with Gasteiger partial charge in [-0.05, 0) is 49.3 Å². The van der Waals surface area contributed by atoms with Crippen LogP contribution in [0.2, 0.25) is 0 Å². The fourth-order valence-electron chi connectivity index (χ4n) is 4.12. The van der Waals surface area contributed by atoms with Crippen molar-refractivity contribution in [3.8, 4) is 11.4 Å². The molecule has 9 heteroatoms. The van der Waals surface area contributed by atoms with Crippen molar-refractivity contribution in [1.29, 1.82) is 0 Å². The van der Waals surface area contributed by atoms with E-state index >= 15 is 0 Å². The van der Waals surface area contributed by atoms with E-state index < -0.39 is 9.84 Å². The number of nitrogens with one attached hydrogen (secondary N) is 1. The van der Waals surface area contributed by atoms with Gasteiger partial charge in [0.25, 0.3) is 0 Å². The zero-order chi connectivity index (χ0) is 19.1. The van der Waals surface area contributed by atoms with Crippen molar-refractivity contribution in [1.82, 2.24) is 29.9 Å². The molecule has 0 fully saturated rings. The molecule has 0 spiro atoms. The third kappa shape index (κ3) is 3.13. The van der Waals surface area contributed by atoms with E-state index in [4.69, 9.17) is 0 Å². The van der Waals surface area contributed by atoms with Crippen LogP contribution in [0.4, 0.5) is 0 Å². The molecule has 28 heavy (non-hydrogen) atoms. The van der Waals surface area contributed by atoms with Crippen molar-refractivity contribution in [2.24, 2.45) is 0 Å². The third-order valence-corrected chi connectivity index (χ3v) is 7.03. The number of sulfone groups is 1. The first kappa shape index (κ1) is 17.5. The number of hydrogen-bond acceptors (Lipinski definition) is 6. The van der Waals surface area contributed by atoms with Gasteiger partial charge in [-0.1, -0.05) is 18.6 Å². The van der Waals surface area contributed by atoms with Gasteiger partial charge in [-0.3, -0.25) is 0 Å². The van der Waals surface area contributed by atoms with E-state index in [0.29, 0.717) is 11.6 Å². The number of aromatic amines is 1. The number of aryl methyl sites for hydroxylation is 3. The molecule has 1 aliphatic carbocycles. The minimum Gasteiger partial charge on any atom is -0.314 e. The Balaban J connectivity index is 1.41. The van der Waals surface area contributed by atoms with Crippen LogP contribution in [-0.4, -0.2) is 38.4 Å². The highest BCUT2D eigenvalue weighted by molar-refractivity contribution is 7.90. The SMILES string of the molecule is O=S(=O)(Cc1nnc2n1CCCCC2)c1nc(-c2ccc3c(c2)CCC3)n[nH]1. The van der Waals surface area contributed by atoms with Crippen LogP contribution in [0.25, 0.3) is 11.4 Å². The molecule has 146 valence electrons. The van der Waals surface area contributed by atoms with Gasteiger partial charge in [0.1, 0.15) is 17.4 Å². The summed E-state index contributed by atoms with van der Waals surface area (Å²) < 4.78 is 27.7. The number of rotatable bonds is 4. The van der Waals surface area contributed by atoms with E-state index in [0.717, 1.165) is 62.9 Å². The summed E-state index contributed by atoms with van der Waals surface area (Å²) in [4.78, 5) is 4.28. The van der Waals surface area contributed by atoms with Gasteiger partial charge < -0.3 is 4.57 Å². The molecule has 0 atom stereocenters. The van der Waals surface area contributed by atoms with Crippen molar-refractivity contribution in [3.05, 3.63) is 41.0 Å². The number of aromatic nitrogens is 6. The van der Waals surface area contributed by atoms with Crippen LogP contribution in [0.5, 0.6) is 0 Å². The molecule has 2 aliphatic rings. The van der Waals surface area contributed by atoms with Crippen molar-refractivity contribution < 1.29 is 8.42 Å². The number of hydrogen-bond donors (Lipinski definition) is 1. The topological polar surface area (TPSA) is 106 Å². The fraction of sp³-hybridized carbons (Fsp3) is 0.474. The lowest BCUT2D eigenvalue weighted by molar-refractivity contribution is 0.577. The van der Waals surface area contributed by atoms with Gasteiger partial charge in [0.05, 0.1) is 0 Å². The highest BCUT2D eigenvalue weighted by Gasteiger charge is 2.26. The Bertz CT molecular complexity index is 1130. The van der Waals surface area contributed by atoms with E-state index in [9.17, 15) is 8.42 Å². The Kier molecular flexibility index (Phi) is 4.26. The molecule has 0 bridgehead atoms. The van der Waals surface area contributed by atoms with E-state index in [1.807, 2.05) is 10.6 Å². The predicted octanol–water partition coefficient (Wildman–Crippen LogP) is 2.25. The molecule has 8 nitrogen and oxygen atoms in total. The number of benzene rings is 1. The Morgan fingerprint density at radius 1 is 1.00 bits per heavy atom. The number of fused-ring (bicyclic) bond motifs is 2. The summed E-state index contributed by atoms with van der Waals surface area (Å²) in [5.41, 5.74) is 3.51. The second-order valence-electron chi connectivity index (χ2n) is 7.56. The summed E-state index contributed by atoms with van der Waals surface area (Å²) in [6, 6.07) is 6.12. The Morgan fingerprint density at radius 3 is 2.82 bits per heavy atom. The first-order valence-corrected chi connectivity index (χ1v) is 11.4. The van der Waals surface area contributed by atoms with Gasteiger partial charge in [-0.15, -0.1) is 10.2 Å². The predicted molar refractivity (Wildman–Crippen MR) is 102 cm³/mol. The summed E-state index contributed by atoms with van der Waals surface area (Å²) in [6.07, 6.45) is 7.37. The summed E-state index contributed by atoms with van der Waals surface area (Å²) in [5, 5.41) is 15.0. The van der Waals surface area contributed by atoms with E-state index in [1.165, 1.54) is 11.1 Å².